The molecule has 0 radical (unpaired) electrons. The molecular weight excluding hydrogens is 236 g/mol. The number of thiazole rings is 1. The Morgan fingerprint density at radius 3 is 2.82 bits per heavy atom. The summed E-state index contributed by atoms with van der Waals surface area (Å²) in [5.74, 6) is -0.117. The van der Waals surface area contributed by atoms with E-state index < -0.39 is 0 Å². The number of nitrogens with zero attached hydrogens (tertiary/aromatic N) is 3. The number of carbonyl (C=O) groups excluding carboxylic acids is 1. The standard InChI is InChI=1S/C11H12N4OS/c1-7-14-6-10(17-7)11(16)15(2)9-3-4-13-5-8(9)12/h3-6H,12H2,1-2H3. The fourth-order valence-corrected chi connectivity index (χ4v) is 2.19. The number of nitrogens with two attached hydrogens (primary N) is 1. The number of carbonyl (C=O) groups is 1. The number of anilines is 2. The molecule has 5 nitrogen and oxygen atoms in total. The maximum atomic E-state index is 12.1. The lowest BCUT2D eigenvalue weighted by molar-refractivity contribution is 0.0996. The highest BCUT2D eigenvalue weighted by Crippen LogP contribution is 2.23. The molecule has 2 aromatic heterocycles. The van der Waals surface area contributed by atoms with Crippen LogP contribution in [0.5, 0.6) is 0 Å². The molecule has 0 aliphatic heterocycles. The van der Waals surface area contributed by atoms with Gasteiger partial charge in [-0.25, -0.2) is 4.98 Å². The predicted molar refractivity (Wildman–Crippen MR) is 68.2 cm³/mol. The summed E-state index contributed by atoms with van der Waals surface area (Å²) in [6.45, 7) is 1.86. The van der Waals surface area contributed by atoms with E-state index in [1.54, 1.807) is 25.5 Å². The summed E-state index contributed by atoms with van der Waals surface area (Å²) in [7, 11) is 1.68. The van der Waals surface area contributed by atoms with Gasteiger partial charge in [0.2, 0.25) is 0 Å². The average Bonchev–Trinajstić information content (AvgIpc) is 2.75. The molecule has 17 heavy (non-hydrogen) atoms. The van der Waals surface area contributed by atoms with Crippen molar-refractivity contribution >= 4 is 28.6 Å². The Bertz CT molecular complexity index is 552. The van der Waals surface area contributed by atoms with Crippen molar-refractivity contribution in [3.63, 3.8) is 0 Å². The van der Waals surface area contributed by atoms with E-state index in [4.69, 9.17) is 5.73 Å². The molecule has 2 rings (SSSR count). The zero-order valence-corrected chi connectivity index (χ0v) is 10.4. The number of hydrogen-bond donors (Lipinski definition) is 1. The van der Waals surface area contributed by atoms with E-state index in [-0.39, 0.29) is 5.91 Å². The molecule has 0 fully saturated rings. The van der Waals surface area contributed by atoms with Gasteiger partial charge in [-0.1, -0.05) is 0 Å². The first-order valence-electron chi connectivity index (χ1n) is 4.99. The van der Waals surface area contributed by atoms with Crippen molar-refractivity contribution in [3.05, 3.63) is 34.5 Å². The summed E-state index contributed by atoms with van der Waals surface area (Å²) in [5.41, 5.74) is 6.90. The van der Waals surface area contributed by atoms with Gasteiger partial charge in [0.05, 0.1) is 28.8 Å². The minimum atomic E-state index is -0.117. The Labute approximate surface area is 103 Å². The summed E-state index contributed by atoms with van der Waals surface area (Å²) in [6.07, 6.45) is 4.71. The molecule has 6 heteroatoms. The number of aromatic nitrogens is 2. The number of pyridine rings is 1. The van der Waals surface area contributed by atoms with Crippen LogP contribution in [0.4, 0.5) is 11.4 Å². The molecule has 2 N–H and O–H groups in total. The Balaban J connectivity index is 2.29. The van der Waals surface area contributed by atoms with Gasteiger partial charge < -0.3 is 10.6 Å². The molecule has 0 aromatic carbocycles. The zero-order chi connectivity index (χ0) is 12.4. The minimum absolute atomic E-state index is 0.117. The van der Waals surface area contributed by atoms with Crippen LogP contribution >= 0.6 is 11.3 Å². The maximum Gasteiger partial charge on any atom is 0.269 e. The number of hydrogen-bond acceptors (Lipinski definition) is 5. The molecule has 0 bridgehead atoms. The van der Waals surface area contributed by atoms with Gasteiger partial charge >= 0.3 is 0 Å². The summed E-state index contributed by atoms with van der Waals surface area (Å²) in [4.78, 5) is 22.2. The van der Waals surface area contributed by atoms with Crippen molar-refractivity contribution in [3.8, 4) is 0 Å². The van der Waals surface area contributed by atoms with Gasteiger partial charge in [0.25, 0.3) is 5.91 Å². The molecule has 2 aromatic rings. The molecule has 0 aliphatic carbocycles. The lowest BCUT2D eigenvalue weighted by Crippen LogP contribution is -2.26. The largest absolute Gasteiger partial charge is 0.396 e. The van der Waals surface area contributed by atoms with E-state index in [2.05, 4.69) is 9.97 Å². The third kappa shape index (κ3) is 2.26. The fraction of sp³-hybridized carbons (Fsp3) is 0.182. The lowest BCUT2D eigenvalue weighted by Gasteiger charge is -2.17. The fourth-order valence-electron chi connectivity index (χ4n) is 1.44. The van der Waals surface area contributed by atoms with E-state index in [1.807, 2.05) is 6.92 Å². The molecule has 0 atom stereocenters. The first-order valence-corrected chi connectivity index (χ1v) is 5.81. The second kappa shape index (κ2) is 4.50. The third-order valence-corrected chi connectivity index (χ3v) is 3.23. The first kappa shape index (κ1) is 11.5. The second-order valence-electron chi connectivity index (χ2n) is 3.54. The summed E-state index contributed by atoms with van der Waals surface area (Å²) in [6, 6.07) is 1.71. The Hall–Kier alpha value is -1.95. The van der Waals surface area contributed by atoms with E-state index in [1.165, 1.54) is 22.4 Å². The highest BCUT2D eigenvalue weighted by Gasteiger charge is 2.17. The van der Waals surface area contributed by atoms with Crippen LogP contribution in [-0.4, -0.2) is 22.9 Å². The minimum Gasteiger partial charge on any atom is -0.396 e. The van der Waals surface area contributed by atoms with Crippen LogP contribution in [0.2, 0.25) is 0 Å². The van der Waals surface area contributed by atoms with Crippen molar-refractivity contribution in [2.45, 2.75) is 6.92 Å². The second-order valence-corrected chi connectivity index (χ2v) is 4.78. The number of rotatable bonds is 2. The van der Waals surface area contributed by atoms with Crippen molar-refractivity contribution in [1.29, 1.82) is 0 Å². The highest BCUT2D eigenvalue weighted by atomic mass is 32.1. The van der Waals surface area contributed by atoms with Crippen molar-refractivity contribution in [1.82, 2.24) is 9.97 Å². The van der Waals surface area contributed by atoms with Crippen LogP contribution in [0, 0.1) is 6.92 Å². The zero-order valence-electron chi connectivity index (χ0n) is 9.54. The monoisotopic (exact) mass is 248 g/mol. The SMILES string of the molecule is Cc1ncc(C(=O)N(C)c2ccncc2N)s1. The maximum absolute atomic E-state index is 12.1. The van der Waals surface area contributed by atoms with Crippen LogP contribution in [0.15, 0.2) is 24.7 Å². The molecule has 0 aliphatic rings. The summed E-state index contributed by atoms with van der Waals surface area (Å²) >= 11 is 1.37. The summed E-state index contributed by atoms with van der Waals surface area (Å²) < 4.78 is 0. The van der Waals surface area contributed by atoms with Crippen molar-refractivity contribution < 1.29 is 4.79 Å². The molecule has 88 valence electrons. The van der Waals surface area contributed by atoms with Gasteiger partial charge in [-0.15, -0.1) is 11.3 Å². The lowest BCUT2D eigenvalue weighted by atomic mass is 10.3. The Morgan fingerprint density at radius 1 is 1.47 bits per heavy atom. The van der Waals surface area contributed by atoms with E-state index in [9.17, 15) is 4.79 Å². The van der Waals surface area contributed by atoms with Crippen LogP contribution in [-0.2, 0) is 0 Å². The van der Waals surface area contributed by atoms with Crippen molar-refractivity contribution in [2.24, 2.45) is 0 Å². The van der Waals surface area contributed by atoms with Crippen LogP contribution < -0.4 is 10.6 Å². The van der Waals surface area contributed by atoms with Crippen LogP contribution in [0.3, 0.4) is 0 Å². The molecular formula is C11H12N4OS. The number of nitrogen functional groups attached to an aromatic ring is 1. The van der Waals surface area contributed by atoms with E-state index in [0.29, 0.717) is 16.3 Å². The average molecular weight is 248 g/mol. The number of amides is 1. The van der Waals surface area contributed by atoms with Gasteiger partial charge in [0.1, 0.15) is 4.88 Å². The van der Waals surface area contributed by atoms with Gasteiger partial charge in [0.15, 0.2) is 0 Å². The molecule has 0 unspecified atom stereocenters. The normalized spacial score (nSPS) is 10.2. The van der Waals surface area contributed by atoms with Gasteiger partial charge in [-0.05, 0) is 13.0 Å². The predicted octanol–water partition coefficient (Wildman–Crippen LogP) is 1.71. The molecule has 2 heterocycles. The molecule has 1 amide bonds. The van der Waals surface area contributed by atoms with Crippen LogP contribution in [0.1, 0.15) is 14.7 Å². The van der Waals surface area contributed by atoms with Crippen molar-refractivity contribution in [2.75, 3.05) is 17.7 Å². The van der Waals surface area contributed by atoms with E-state index in [0.717, 1.165) is 5.01 Å². The smallest absolute Gasteiger partial charge is 0.269 e. The molecule has 0 saturated heterocycles. The quantitative estimate of drug-likeness (QED) is 0.878. The van der Waals surface area contributed by atoms with Gasteiger partial charge in [-0.2, -0.15) is 0 Å². The van der Waals surface area contributed by atoms with E-state index >= 15 is 0 Å². The van der Waals surface area contributed by atoms with Crippen LogP contribution in [0.25, 0.3) is 0 Å². The first-order chi connectivity index (χ1) is 8.09. The number of aryl methyl sites for hydroxylation is 1. The Kier molecular flexibility index (Phi) is 3.06. The molecule has 0 spiro atoms. The summed E-state index contributed by atoms with van der Waals surface area (Å²) in [5, 5.41) is 0.865. The van der Waals surface area contributed by atoms with Gasteiger partial charge in [0, 0.05) is 13.2 Å². The Morgan fingerprint density at radius 2 is 2.24 bits per heavy atom. The topological polar surface area (TPSA) is 72.1 Å². The third-order valence-electron chi connectivity index (χ3n) is 2.33. The highest BCUT2D eigenvalue weighted by molar-refractivity contribution is 7.13. The molecule has 0 saturated carbocycles. The van der Waals surface area contributed by atoms with Gasteiger partial charge in [-0.3, -0.25) is 9.78 Å².